The SMILES string of the molecule is NC(=O)[C@H](O)[C@H](O)C(=O)O. The van der Waals surface area contributed by atoms with Crippen LogP contribution in [0.3, 0.4) is 0 Å². The molecule has 0 aromatic rings. The molecule has 0 spiro atoms. The molecule has 1 amide bonds. The van der Waals surface area contributed by atoms with Gasteiger partial charge in [-0.1, -0.05) is 0 Å². The molecule has 0 radical (unpaired) electrons. The first kappa shape index (κ1) is 8.86. The monoisotopic (exact) mass is 149 g/mol. The second-order valence-electron chi connectivity index (χ2n) is 1.63. The van der Waals surface area contributed by atoms with Crippen molar-refractivity contribution >= 4 is 11.9 Å². The molecule has 0 heterocycles. The highest BCUT2D eigenvalue weighted by Crippen LogP contribution is 1.91. The van der Waals surface area contributed by atoms with Gasteiger partial charge in [0.25, 0.3) is 0 Å². The average Bonchev–Trinajstić information content (AvgIpc) is 1.84. The lowest BCUT2D eigenvalue weighted by Crippen LogP contribution is -2.43. The average molecular weight is 149 g/mol. The van der Waals surface area contributed by atoms with Crippen LogP contribution in [0.25, 0.3) is 0 Å². The molecule has 2 atom stereocenters. The van der Waals surface area contributed by atoms with Gasteiger partial charge in [0.2, 0.25) is 5.91 Å². The maximum Gasteiger partial charge on any atom is 0.335 e. The molecule has 0 rings (SSSR count). The Hall–Kier alpha value is -1.14. The summed E-state index contributed by atoms with van der Waals surface area (Å²) in [5.41, 5.74) is 4.46. The number of rotatable bonds is 3. The van der Waals surface area contributed by atoms with Crippen molar-refractivity contribution in [2.75, 3.05) is 0 Å². The summed E-state index contributed by atoms with van der Waals surface area (Å²) >= 11 is 0. The van der Waals surface area contributed by atoms with E-state index in [2.05, 4.69) is 5.73 Å². The summed E-state index contributed by atoms with van der Waals surface area (Å²) in [5.74, 6) is -2.96. The van der Waals surface area contributed by atoms with Gasteiger partial charge < -0.3 is 21.1 Å². The molecular weight excluding hydrogens is 142 g/mol. The Morgan fingerprint density at radius 1 is 1.20 bits per heavy atom. The zero-order chi connectivity index (χ0) is 8.31. The molecular formula is C4H7NO5. The van der Waals surface area contributed by atoms with E-state index in [0.717, 1.165) is 0 Å². The number of aliphatic hydroxyl groups is 2. The molecule has 0 bridgehead atoms. The lowest BCUT2D eigenvalue weighted by molar-refractivity contribution is -0.157. The van der Waals surface area contributed by atoms with Crippen molar-refractivity contribution < 1.29 is 24.9 Å². The first-order valence-electron chi connectivity index (χ1n) is 2.35. The molecule has 0 aromatic heterocycles. The number of aliphatic hydroxyl groups excluding tert-OH is 2. The van der Waals surface area contributed by atoms with Gasteiger partial charge in [-0.2, -0.15) is 0 Å². The Morgan fingerprint density at radius 2 is 1.60 bits per heavy atom. The normalized spacial score (nSPS) is 15.8. The van der Waals surface area contributed by atoms with Crippen LogP contribution in [0, 0.1) is 0 Å². The third-order valence-corrected chi connectivity index (χ3v) is 0.844. The summed E-state index contributed by atoms with van der Waals surface area (Å²) in [5, 5.41) is 24.9. The number of primary amides is 1. The maximum absolute atomic E-state index is 9.99. The number of carbonyl (C=O) groups is 2. The Labute approximate surface area is 55.9 Å². The fraction of sp³-hybridized carbons (Fsp3) is 0.500. The van der Waals surface area contributed by atoms with Crippen LogP contribution < -0.4 is 5.73 Å². The zero-order valence-corrected chi connectivity index (χ0v) is 4.89. The molecule has 0 aliphatic rings. The lowest BCUT2D eigenvalue weighted by Gasteiger charge is -2.08. The van der Waals surface area contributed by atoms with Gasteiger partial charge in [-0.15, -0.1) is 0 Å². The number of carbonyl (C=O) groups excluding carboxylic acids is 1. The van der Waals surface area contributed by atoms with Crippen LogP contribution in [0.4, 0.5) is 0 Å². The van der Waals surface area contributed by atoms with E-state index in [1.54, 1.807) is 0 Å². The van der Waals surface area contributed by atoms with Crippen LogP contribution in [0.1, 0.15) is 0 Å². The van der Waals surface area contributed by atoms with Gasteiger partial charge in [0, 0.05) is 0 Å². The van der Waals surface area contributed by atoms with Crippen LogP contribution in [0.2, 0.25) is 0 Å². The summed E-state index contributed by atoms with van der Waals surface area (Å²) in [7, 11) is 0. The van der Waals surface area contributed by atoms with Gasteiger partial charge >= 0.3 is 5.97 Å². The molecule has 0 aromatic carbocycles. The van der Waals surface area contributed by atoms with Gasteiger partial charge in [0.05, 0.1) is 0 Å². The van der Waals surface area contributed by atoms with Crippen molar-refractivity contribution in [1.82, 2.24) is 0 Å². The maximum atomic E-state index is 9.99. The highest BCUT2D eigenvalue weighted by Gasteiger charge is 2.27. The van der Waals surface area contributed by atoms with Crippen LogP contribution in [0.5, 0.6) is 0 Å². The van der Waals surface area contributed by atoms with Crippen LogP contribution in [0.15, 0.2) is 0 Å². The topological polar surface area (TPSA) is 121 Å². The van der Waals surface area contributed by atoms with Gasteiger partial charge in [0.1, 0.15) is 0 Å². The first-order chi connectivity index (χ1) is 4.46. The second-order valence-corrected chi connectivity index (χ2v) is 1.63. The predicted molar refractivity (Wildman–Crippen MR) is 28.8 cm³/mol. The third kappa shape index (κ3) is 2.00. The van der Waals surface area contributed by atoms with Crippen LogP contribution >= 0.6 is 0 Å². The molecule has 0 aliphatic heterocycles. The molecule has 6 nitrogen and oxygen atoms in total. The van der Waals surface area contributed by atoms with Crippen LogP contribution in [-0.4, -0.2) is 39.4 Å². The van der Waals surface area contributed by atoms with E-state index < -0.39 is 24.1 Å². The van der Waals surface area contributed by atoms with Crippen LogP contribution in [-0.2, 0) is 9.59 Å². The van der Waals surface area contributed by atoms with Gasteiger partial charge in [-0.3, -0.25) is 4.79 Å². The largest absolute Gasteiger partial charge is 0.479 e. The standard InChI is InChI=1S/C4H7NO5/c5-3(8)1(6)2(7)4(9)10/h1-2,6-7H,(H2,5,8)(H,9,10)/t1-,2+/m1/s1. The van der Waals surface area contributed by atoms with Crippen molar-refractivity contribution in [3.63, 3.8) is 0 Å². The number of amides is 1. The fourth-order valence-electron chi connectivity index (χ4n) is 0.291. The molecule has 0 saturated carbocycles. The Kier molecular flexibility index (Phi) is 2.78. The van der Waals surface area contributed by atoms with E-state index in [0.29, 0.717) is 0 Å². The molecule has 5 N–H and O–H groups in total. The van der Waals surface area contributed by atoms with E-state index in [1.165, 1.54) is 0 Å². The van der Waals surface area contributed by atoms with Gasteiger partial charge in [-0.05, 0) is 0 Å². The first-order valence-corrected chi connectivity index (χ1v) is 2.35. The molecule has 10 heavy (non-hydrogen) atoms. The molecule has 0 aliphatic carbocycles. The molecule has 6 heteroatoms. The van der Waals surface area contributed by atoms with Crippen molar-refractivity contribution in [3.8, 4) is 0 Å². The smallest absolute Gasteiger partial charge is 0.335 e. The van der Waals surface area contributed by atoms with E-state index in [4.69, 9.17) is 15.3 Å². The van der Waals surface area contributed by atoms with Crippen molar-refractivity contribution in [3.05, 3.63) is 0 Å². The number of hydrogen-bond donors (Lipinski definition) is 4. The summed E-state index contributed by atoms with van der Waals surface area (Å²) < 4.78 is 0. The molecule has 0 saturated heterocycles. The number of carboxylic acid groups (broad SMARTS) is 1. The van der Waals surface area contributed by atoms with E-state index in [1.807, 2.05) is 0 Å². The van der Waals surface area contributed by atoms with Crippen molar-refractivity contribution in [1.29, 1.82) is 0 Å². The molecule has 0 unspecified atom stereocenters. The highest BCUT2D eigenvalue weighted by atomic mass is 16.4. The van der Waals surface area contributed by atoms with Crippen molar-refractivity contribution in [2.45, 2.75) is 12.2 Å². The number of hydrogen-bond acceptors (Lipinski definition) is 4. The minimum absolute atomic E-state index is 1.27. The highest BCUT2D eigenvalue weighted by molar-refractivity contribution is 5.86. The Balaban J connectivity index is 4.07. The Bertz CT molecular complexity index is 138. The summed E-state index contributed by atoms with van der Waals surface area (Å²) in [6.07, 6.45) is -4.19. The van der Waals surface area contributed by atoms with E-state index in [-0.39, 0.29) is 0 Å². The summed E-state index contributed by atoms with van der Waals surface area (Å²) in [6.45, 7) is 0. The Morgan fingerprint density at radius 3 is 1.70 bits per heavy atom. The van der Waals surface area contributed by atoms with Gasteiger partial charge in [0.15, 0.2) is 12.2 Å². The molecule has 0 fully saturated rings. The zero-order valence-electron chi connectivity index (χ0n) is 4.89. The predicted octanol–water partition coefficient (Wildman–Crippen LogP) is -2.72. The van der Waals surface area contributed by atoms with Gasteiger partial charge in [-0.25, -0.2) is 4.79 Å². The number of carboxylic acids is 1. The quantitative estimate of drug-likeness (QED) is 0.347. The minimum atomic E-state index is -2.14. The second kappa shape index (κ2) is 3.14. The summed E-state index contributed by atoms with van der Waals surface area (Å²) in [6, 6.07) is 0. The number of aliphatic carboxylic acids is 1. The molecule has 58 valence electrons. The lowest BCUT2D eigenvalue weighted by atomic mass is 10.2. The van der Waals surface area contributed by atoms with Crippen molar-refractivity contribution in [2.24, 2.45) is 5.73 Å². The fourth-order valence-corrected chi connectivity index (χ4v) is 0.291. The third-order valence-electron chi connectivity index (χ3n) is 0.844. The minimum Gasteiger partial charge on any atom is -0.479 e. The van der Waals surface area contributed by atoms with E-state index in [9.17, 15) is 9.59 Å². The van der Waals surface area contributed by atoms with E-state index >= 15 is 0 Å². The summed E-state index contributed by atoms with van der Waals surface area (Å²) in [4.78, 5) is 19.8. The number of nitrogens with two attached hydrogens (primary N) is 1.